The van der Waals surface area contributed by atoms with Crippen LogP contribution in [0, 0.1) is 17.2 Å². The van der Waals surface area contributed by atoms with Gasteiger partial charge in [-0.3, -0.25) is 4.79 Å². The van der Waals surface area contributed by atoms with Crippen LogP contribution in [0.4, 0.5) is 0 Å². The molecule has 0 aliphatic heterocycles. The Bertz CT molecular complexity index is 188. The van der Waals surface area contributed by atoms with Crippen molar-refractivity contribution in [3.8, 4) is 6.07 Å². The molecule has 0 aromatic heterocycles. The molecule has 0 bridgehead atoms. The van der Waals surface area contributed by atoms with E-state index in [0.29, 0.717) is 13.1 Å². The number of hydrogen-bond donors (Lipinski definition) is 0. The van der Waals surface area contributed by atoms with Crippen LogP contribution in [0.1, 0.15) is 13.8 Å². The zero-order chi connectivity index (χ0) is 9.56. The number of alkyl halides is 1. The number of halogens is 1. The Hall–Kier alpha value is -0.750. The Labute approximate surface area is 77.9 Å². The second-order valence-electron chi connectivity index (χ2n) is 2.60. The maximum atomic E-state index is 11.1. The third kappa shape index (κ3) is 3.59. The Kier molecular flexibility index (Phi) is 5.48. The summed E-state index contributed by atoms with van der Waals surface area (Å²) in [4.78, 5) is 12.7. The zero-order valence-corrected chi connectivity index (χ0v) is 8.14. The van der Waals surface area contributed by atoms with E-state index in [2.05, 4.69) is 6.07 Å². The lowest BCUT2D eigenvalue weighted by molar-refractivity contribution is -0.128. The van der Waals surface area contributed by atoms with Gasteiger partial charge in [-0.1, -0.05) is 0 Å². The van der Waals surface area contributed by atoms with Gasteiger partial charge in [0.25, 0.3) is 0 Å². The number of amides is 1. The van der Waals surface area contributed by atoms with Gasteiger partial charge in [-0.05, 0) is 13.8 Å². The maximum Gasteiger partial charge on any atom is 0.237 e. The van der Waals surface area contributed by atoms with Crippen LogP contribution in [0.5, 0.6) is 0 Å². The normalized spacial score (nSPS) is 11.8. The number of nitrogens with zero attached hydrogens (tertiary/aromatic N) is 2. The van der Waals surface area contributed by atoms with Gasteiger partial charge in [-0.2, -0.15) is 5.26 Å². The Morgan fingerprint density at radius 3 is 2.67 bits per heavy atom. The predicted octanol–water partition coefficient (Wildman–Crippen LogP) is 1.23. The number of rotatable bonds is 4. The van der Waals surface area contributed by atoms with Gasteiger partial charge < -0.3 is 4.90 Å². The molecule has 0 fully saturated rings. The zero-order valence-electron chi connectivity index (χ0n) is 7.38. The third-order valence-corrected chi connectivity index (χ3v) is 1.79. The molecule has 0 aliphatic rings. The second kappa shape index (κ2) is 5.84. The van der Waals surface area contributed by atoms with Gasteiger partial charge in [0.2, 0.25) is 5.91 Å². The molecule has 0 aromatic rings. The lowest BCUT2D eigenvalue weighted by Gasteiger charge is -2.20. The summed E-state index contributed by atoms with van der Waals surface area (Å²) in [6, 6.07) is 2.07. The quantitative estimate of drug-likeness (QED) is 0.623. The van der Waals surface area contributed by atoms with Crippen molar-refractivity contribution < 1.29 is 4.79 Å². The molecule has 0 aromatic carbocycles. The summed E-state index contributed by atoms with van der Waals surface area (Å²) >= 11 is 5.38. The molecular formula is C8H13ClN2O. The highest BCUT2D eigenvalue weighted by Crippen LogP contribution is 1.99. The van der Waals surface area contributed by atoms with Crippen molar-refractivity contribution in [1.29, 1.82) is 5.26 Å². The van der Waals surface area contributed by atoms with Crippen molar-refractivity contribution in [1.82, 2.24) is 4.90 Å². The number of carbonyl (C=O) groups is 1. The van der Waals surface area contributed by atoms with E-state index in [9.17, 15) is 4.79 Å². The van der Waals surface area contributed by atoms with E-state index in [-0.39, 0.29) is 17.7 Å². The molecule has 0 spiro atoms. The van der Waals surface area contributed by atoms with Gasteiger partial charge in [0.05, 0.1) is 12.0 Å². The van der Waals surface area contributed by atoms with Crippen LogP contribution in [-0.2, 0) is 4.79 Å². The summed E-state index contributed by atoms with van der Waals surface area (Å²) in [5.41, 5.74) is 0. The minimum absolute atomic E-state index is 0.00795. The summed E-state index contributed by atoms with van der Waals surface area (Å²) in [5.74, 6) is -0.246. The van der Waals surface area contributed by atoms with Crippen molar-refractivity contribution >= 4 is 17.5 Å². The van der Waals surface area contributed by atoms with E-state index >= 15 is 0 Å². The molecule has 1 atom stereocenters. The van der Waals surface area contributed by atoms with Crippen molar-refractivity contribution in [2.24, 2.45) is 5.92 Å². The van der Waals surface area contributed by atoms with Gasteiger partial charge in [0.1, 0.15) is 5.88 Å². The summed E-state index contributed by atoms with van der Waals surface area (Å²) in [6.45, 7) is 4.73. The fraction of sp³-hybridized carbons (Fsp3) is 0.750. The molecule has 0 saturated carbocycles. The van der Waals surface area contributed by atoms with Crippen LogP contribution in [-0.4, -0.2) is 29.8 Å². The molecule has 0 heterocycles. The molecule has 4 heteroatoms. The molecular weight excluding hydrogens is 176 g/mol. The second-order valence-corrected chi connectivity index (χ2v) is 2.86. The fourth-order valence-electron chi connectivity index (χ4n) is 0.863. The molecule has 0 radical (unpaired) electrons. The first-order valence-electron chi connectivity index (χ1n) is 3.89. The summed E-state index contributed by atoms with van der Waals surface area (Å²) in [6.07, 6.45) is 0. The smallest absolute Gasteiger partial charge is 0.237 e. The van der Waals surface area contributed by atoms with Crippen LogP contribution in [0.15, 0.2) is 0 Å². The van der Waals surface area contributed by atoms with E-state index in [1.54, 1.807) is 11.8 Å². The molecule has 0 aliphatic carbocycles. The molecule has 1 amide bonds. The highest BCUT2D eigenvalue weighted by atomic mass is 35.5. The molecule has 3 nitrogen and oxygen atoms in total. The van der Waals surface area contributed by atoms with Crippen LogP contribution in [0.3, 0.4) is 0 Å². The first kappa shape index (κ1) is 11.2. The SMILES string of the molecule is CCN(C[C@H](C)C#N)C(=O)CCl. The van der Waals surface area contributed by atoms with Crippen molar-refractivity contribution in [2.75, 3.05) is 19.0 Å². The standard InChI is InChI=1S/C8H13ClN2O/c1-3-11(8(12)4-9)6-7(2)5-10/h7H,3-4,6H2,1-2H3/t7-/m1/s1. The van der Waals surface area contributed by atoms with E-state index in [4.69, 9.17) is 16.9 Å². The summed E-state index contributed by atoms with van der Waals surface area (Å²) in [5, 5.41) is 8.51. The van der Waals surface area contributed by atoms with Gasteiger partial charge in [-0.25, -0.2) is 0 Å². The van der Waals surface area contributed by atoms with Gasteiger partial charge >= 0.3 is 0 Å². The lowest BCUT2D eigenvalue weighted by atomic mass is 10.2. The molecule has 68 valence electrons. The van der Waals surface area contributed by atoms with Crippen LogP contribution >= 0.6 is 11.6 Å². The van der Waals surface area contributed by atoms with Crippen LogP contribution in [0.2, 0.25) is 0 Å². The van der Waals surface area contributed by atoms with Crippen molar-refractivity contribution in [3.05, 3.63) is 0 Å². The van der Waals surface area contributed by atoms with Gasteiger partial charge in [0, 0.05) is 13.1 Å². The molecule has 12 heavy (non-hydrogen) atoms. The lowest BCUT2D eigenvalue weighted by Crippen LogP contribution is -2.35. The Morgan fingerprint density at radius 1 is 1.75 bits per heavy atom. The number of carbonyl (C=O) groups excluding carboxylic acids is 1. The van der Waals surface area contributed by atoms with Gasteiger partial charge in [-0.15, -0.1) is 11.6 Å². The monoisotopic (exact) mass is 188 g/mol. The average Bonchev–Trinajstić information content (AvgIpc) is 2.12. The minimum atomic E-state index is -0.128. The van der Waals surface area contributed by atoms with E-state index in [1.165, 1.54) is 0 Å². The highest BCUT2D eigenvalue weighted by molar-refractivity contribution is 6.27. The molecule has 0 unspecified atom stereocenters. The number of nitriles is 1. The molecule has 0 N–H and O–H groups in total. The van der Waals surface area contributed by atoms with E-state index < -0.39 is 0 Å². The summed E-state index contributed by atoms with van der Waals surface area (Å²) < 4.78 is 0. The number of hydrogen-bond acceptors (Lipinski definition) is 2. The first-order chi connectivity index (χ1) is 5.65. The maximum absolute atomic E-state index is 11.1. The van der Waals surface area contributed by atoms with E-state index in [1.807, 2.05) is 6.92 Å². The Morgan fingerprint density at radius 2 is 2.33 bits per heavy atom. The highest BCUT2D eigenvalue weighted by Gasteiger charge is 2.12. The molecule has 0 saturated heterocycles. The van der Waals surface area contributed by atoms with Crippen LogP contribution < -0.4 is 0 Å². The molecule has 0 rings (SSSR count). The Balaban J connectivity index is 4.01. The third-order valence-electron chi connectivity index (χ3n) is 1.56. The average molecular weight is 189 g/mol. The van der Waals surface area contributed by atoms with Crippen LogP contribution in [0.25, 0.3) is 0 Å². The fourth-order valence-corrected chi connectivity index (χ4v) is 1.03. The van der Waals surface area contributed by atoms with Crippen molar-refractivity contribution in [3.63, 3.8) is 0 Å². The topological polar surface area (TPSA) is 44.1 Å². The van der Waals surface area contributed by atoms with Crippen molar-refractivity contribution in [2.45, 2.75) is 13.8 Å². The van der Waals surface area contributed by atoms with E-state index in [0.717, 1.165) is 0 Å². The predicted molar refractivity (Wildman–Crippen MR) is 47.8 cm³/mol. The van der Waals surface area contributed by atoms with Gasteiger partial charge in [0.15, 0.2) is 0 Å². The summed E-state index contributed by atoms with van der Waals surface area (Å²) in [7, 11) is 0. The minimum Gasteiger partial charge on any atom is -0.341 e. The first-order valence-corrected chi connectivity index (χ1v) is 4.42. The largest absolute Gasteiger partial charge is 0.341 e.